The molecule has 1 amide bonds. The molecule has 108 valence electrons. The van der Waals surface area contributed by atoms with Crippen molar-refractivity contribution >= 4 is 5.91 Å². The lowest BCUT2D eigenvalue weighted by Gasteiger charge is -2.26. The van der Waals surface area contributed by atoms with Gasteiger partial charge < -0.3 is 10.6 Å². The van der Waals surface area contributed by atoms with Crippen LogP contribution in [0.3, 0.4) is 0 Å². The Morgan fingerprint density at radius 3 is 2.28 bits per heavy atom. The van der Waals surface area contributed by atoms with E-state index in [1.165, 1.54) is 0 Å². The van der Waals surface area contributed by atoms with Gasteiger partial charge in [0.1, 0.15) is 0 Å². The van der Waals surface area contributed by atoms with Gasteiger partial charge in [-0.25, -0.2) is 0 Å². The normalized spacial score (nSPS) is 14.4. The molecule has 0 fully saturated rings. The SMILES string of the molecule is CCC(C)(C)NC(=O)C(C)NCCCC(F)(F)F. The standard InChI is InChI=1S/C12H23F3N2O/c1-5-11(3,4)17-10(18)9(2)16-8-6-7-12(13,14)15/h9,16H,5-8H2,1-4H3,(H,17,18). The second kappa shape index (κ2) is 6.97. The van der Waals surface area contributed by atoms with Crippen LogP contribution in [0.25, 0.3) is 0 Å². The molecule has 3 nitrogen and oxygen atoms in total. The number of halogens is 3. The van der Waals surface area contributed by atoms with E-state index in [9.17, 15) is 18.0 Å². The Morgan fingerprint density at radius 2 is 1.83 bits per heavy atom. The molecule has 0 aromatic carbocycles. The van der Waals surface area contributed by atoms with Crippen molar-refractivity contribution in [1.82, 2.24) is 10.6 Å². The van der Waals surface area contributed by atoms with Gasteiger partial charge >= 0.3 is 6.18 Å². The van der Waals surface area contributed by atoms with Gasteiger partial charge in [0.15, 0.2) is 0 Å². The van der Waals surface area contributed by atoms with Crippen molar-refractivity contribution < 1.29 is 18.0 Å². The Kier molecular flexibility index (Phi) is 6.67. The third-order valence-electron chi connectivity index (χ3n) is 2.83. The third kappa shape index (κ3) is 8.33. The largest absolute Gasteiger partial charge is 0.389 e. The van der Waals surface area contributed by atoms with Gasteiger partial charge in [-0.1, -0.05) is 6.92 Å². The van der Waals surface area contributed by atoms with Crippen LogP contribution in [0.2, 0.25) is 0 Å². The van der Waals surface area contributed by atoms with Crippen LogP contribution < -0.4 is 10.6 Å². The van der Waals surface area contributed by atoms with Gasteiger partial charge in [0.25, 0.3) is 0 Å². The lowest BCUT2D eigenvalue weighted by atomic mass is 10.0. The van der Waals surface area contributed by atoms with E-state index in [-0.39, 0.29) is 24.4 Å². The highest BCUT2D eigenvalue weighted by Gasteiger charge is 2.26. The van der Waals surface area contributed by atoms with Crippen LogP contribution >= 0.6 is 0 Å². The zero-order valence-electron chi connectivity index (χ0n) is 11.4. The van der Waals surface area contributed by atoms with E-state index in [1.807, 2.05) is 20.8 Å². The summed E-state index contributed by atoms with van der Waals surface area (Å²) in [7, 11) is 0. The highest BCUT2D eigenvalue weighted by molar-refractivity contribution is 5.81. The average Bonchev–Trinajstić information content (AvgIpc) is 2.22. The number of nitrogens with one attached hydrogen (secondary N) is 2. The van der Waals surface area contributed by atoms with E-state index in [0.29, 0.717) is 0 Å². The van der Waals surface area contributed by atoms with E-state index >= 15 is 0 Å². The lowest BCUT2D eigenvalue weighted by molar-refractivity contribution is -0.135. The van der Waals surface area contributed by atoms with Crippen molar-refractivity contribution in [1.29, 1.82) is 0 Å². The fourth-order valence-electron chi connectivity index (χ4n) is 1.23. The molecule has 0 spiro atoms. The molecule has 6 heteroatoms. The first-order valence-corrected chi connectivity index (χ1v) is 6.19. The minimum absolute atomic E-state index is 0.0156. The van der Waals surface area contributed by atoms with Crippen LogP contribution in [-0.2, 0) is 4.79 Å². The zero-order chi connectivity index (χ0) is 14.4. The molecular formula is C12H23F3N2O. The fraction of sp³-hybridized carbons (Fsp3) is 0.917. The minimum Gasteiger partial charge on any atom is -0.350 e. The van der Waals surface area contributed by atoms with Crippen molar-refractivity contribution in [3.63, 3.8) is 0 Å². The van der Waals surface area contributed by atoms with Crippen LogP contribution in [-0.4, -0.2) is 30.2 Å². The summed E-state index contributed by atoms with van der Waals surface area (Å²) in [5.41, 5.74) is -0.293. The third-order valence-corrected chi connectivity index (χ3v) is 2.83. The molecular weight excluding hydrogens is 245 g/mol. The molecule has 0 aliphatic heterocycles. The lowest BCUT2D eigenvalue weighted by Crippen LogP contribution is -2.50. The van der Waals surface area contributed by atoms with E-state index in [1.54, 1.807) is 6.92 Å². The van der Waals surface area contributed by atoms with Crippen molar-refractivity contribution in [2.24, 2.45) is 0 Å². The second-order valence-electron chi connectivity index (χ2n) is 5.12. The number of hydrogen-bond acceptors (Lipinski definition) is 2. The number of amides is 1. The zero-order valence-corrected chi connectivity index (χ0v) is 11.4. The molecule has 1 unspecified atom stereocenters. The van der Waals surface area contributed by atoms with Gasteiger partial charge in [0.05, 0.1) is 6.04 Å². The molecule has 0 heterocycles. The average molecular weight is 268 g/mol. The summed E-state index contributed by atoms with van der Waals surface area (Å²) in [6, 6.07) is -0.482. The highest BCUT2D eigenvalue weighted by atomic mass is 19.4. The summed E-state index contributed by atoms with van der Waals surface area (Å²) in [6.45, 7) is 7.60. The van der Waals surface area contributed by atoms with Crippen LogP contribution in [0.5, 0.6) is 0 Å². The van der Waals surface area contributed by atoms with Crippen molar-refractivity contribution in [2.75, 3.05) is 6.54 Å². The van der Waals surface area contributed by atoms with E-state index in [4.69, 9.17) is 0 Å². The molecule has 0 rings (SSSR count). The number of carbonyl (C=O) groups is 1. The molecule has 0 aliphatic rings. The topological polar surface area (TPSA) is 41.1 Å². The van der Waals surface area contributed by atoms with E-state index in [2.05, 4.69) is 10.6 Å². The molecule has 0 aromatic heterocycles. The Balaban J connectivity index is 3.89. The number of hydrogen-bond donors (Lipinski definition) is 2. The predicted molar refractivity (Wildman–Crippen MR) is 65.3 cm³/mol. The fourth-order valence-corrected chi connectivity index (χ4v) is 1.23. The monoisotopic (exact) mass is 268 g/mol. The van der Waals surface area contributed by atoms with Crippen LogP contribution in [0, 0.1) is 0 Å². The Bertz CT molecular complexity index is 265. The summed E-state index contributed by atoms with van der Waals surface area (Å²) in [4.78, 5) is 11.7. The molecule has 0 radical (unpaired) electrons. The van der Waals surface area contributed by atoms with Crippen LogP contribution in [0.1, 0.15) is 47.0 Å². The van der Waals surface area contributed by atoms with E-state index < -0.39 is 18.6 Å². The van der Waals surface area contributed by atoms with Crippen molar-refractivity contribution in [3.05, 3.63) is 0 Å². The Labute approximate surface area is 107 Å². The van der Waals surface area contributed by atoms with Crippen LogP contribution in [0.4, 0.5) is 13.2 Å². The maximum absolute atomic E-state index is 11.9. The summed E-state index contributed by atoms with van der Waals surface area (Å²) in [6.07, 6.45) is -4.18. The predicted octanol–water partition coefficient (Wildman–Crippen LogP) is 2.61. The quantitative estimate of drug-likeness (QED) is 0.697. The summed E-state index contributed by atoms with van der Waals surface area (Å²) >= 11 is 0. The smallest absolute Gasteiger partial charge is 0.350 e. The maximum atomic E-state index is 11.9. The van der Waals surface area contributed by atoms with Crippen molar-refractivity contribution in [3.8, 4) is 0 Å². The highest BCUT2D eigenvalue weighted by Crippen LogP contribution is 2.20. The molecule has 0 bridgehead atoms. The van der Waals surface area contributed by atoms with Gasteiger partial charge in [-0.15, -0.1) is 0 Å². The summed E-state index contributed by atoms with van der Waals surface area (Å²) in [5, 5.41) is 5.63. The maximum Gasteiger partial charge on any atom is 0.389 e. The molecule has 0 saturated heterocycles. The Hall–Kier alpha value is -0.780. The summed E-state index contributed by atoms with van der Waals surface area (Å²) in [5.74, 6) is -0.186. The van der Waals surface area contributed by atoms with E-state index in [0.717, 1.165) is 6.42 Å². The number of carbonyl (C=O) groups excluding carboxylic acids is 1. The molecule has 0 aliphatic carbocycles. The van der Waals surface area contributed by atoms with Crippen molar-refractivity contribution in [2.45, 2.75) is 64.7 Å². The Morgan fingerprint density at radius 1 is 1.28 bits per heavy atom. The first-order valence-electron chi connectivity index (χ1n) is 6.19. The molecule has 0 aromatic rings. The molecule has 1 atom stereocenters. The van der Waals surface area contributed by atoms with Crippen LogP contribution in [0.15, 0.2) is 0 Å². The second-order valence-corrected chi connectivity index (χ2v) is 5.12. The van der Waals surface area contributed by atoms with Gasteiger partial charge in [0, 0.05) is 12.0 Å². The molecule has 18 heavy (non-hydrogen) atoms. The number of alkyl halides is 3. The minimum atomic E-state index is -4.13. The first-order chi connectivity index (χ1) is 8.07. The molecule has 2 N–H and O–H groups in total. The first kappa shape index (κ1) is 17.2. The molecule has 0 saturated carbocycles. The van der Waals surface area contributed by atoms with Gasteiger partial charge in [-0.2, -0.15) is 13.2 Å². The number of rotatable bonds is 7. The summed E-state index contributed by atoms with van der Waals surface area (Å²) < 4.78 is 35.7. The van der Waals surface area contributed by atoms with Gasteiger partial charge in [-0.3, -0.25) is 4.79 Å². The van der Waals surface area contributed by atoms with Gasteiger partial charge in [0.2, 0.25) is 5.91 Å². The van der Waals surface area contributed by atoms with Gasteiger partial charge in [-0.05, 0) is 40.2 Å².